The minimum Gasteiger partial charge on any atom is -0.492 e. The van der Waals surface area contributed by atoms with Crippen LogP contribution in [0, 0.1) is 0 Å². The van der Waals surface area contributed by atoms with E-state index >= 15 is 0 Å². The second-order valence-corrected chi connectivity index (χ2v) is 4.63. The van der Waals surface area contributed by atoms with Crippen molar-refractivity contribution >= 4 is 5.97 Å². The molecule has 0 aromatic heterocycles. The minimum absolute atomic E-state index is 0.275. The molecule has 1 aromatic rings. The standard InChI is InChI=1S/C15H24N2O3/c1-3-17(4-2)9-10-20-14-8-6-5-7-12(14)11-13(16)15(18)19/h5-8,13H,3-4,9-11,16H2,1-2H3,(H,18,19). The highest BCUT2D eigenvalue weighted by Gasteiger charge is 2.14. The number of hydrogen-bond acceptors (Lipinski definition) is 4. The normalized spacial score (nSPS) is 12.4. The second-order valence-electron chi connectivity index (χ2n) is 4.63. The van der Waals surface area contributed by atoms with Crippen molar-refractivity contribution in [2.45, 2.75) is 26.3 Å². The van der Waals surface area contributed by atoms with Crippen LogP contribution >= 0.6 is 0 Å². The van der Waals surface area contributed by atoms with Crippen molar-refractivity contribution in [1.29, 1.82) is 0 Å². The van der Waals surface area contributed by atoms with Gasteiger partial charge in [0.25, 0.3) is 0 Å². The van der Waals surface area contributed by atoms with Crippen molar-refractivity contribution in [2.75, 3.05) is 26.2 Å². The van der Waals surface area contributed by atoms with Gasteiger partial charge in [-0.2, -0.15) is 0 Å². The lowest BCUT2D eigenvalue weighted by Gasteiger charge is -2.19. The van der Waals surface area contributed by atoms with Crippen molar-refractivity contribution in [2.24, 2.45) is 5.73 Å². The number of carboxylic acid groups (broad SMARTS) is 1. The van der Waals surface area contributed by atoms with Crippen LogP contribution in [0.2, 0.25) is 0 Å². The fraction of sp³-hybridized carbons (Fsp3) is 0.533. The molecule has 0 saturated heterocycles. The molecule has 0 aliphatic carbocycles. The van der Waals surface area contributed by atoms with Gasteiger partial charge in [-0.05, 0) is 24.7 Å². The number of benzene rings is 1. The Bertz CT molecular complexity index is 419. The summed E-state index contributed by atoms with van der Waals surface area (Å²) in [7, 11) is 0. The van der Waals surface area contributed by atoms with Gasteiger partial charge in [0.05, 0.1) is 0 Å². The molecule has 0 fully saturated rings. The van der Waals surface area contributed by atoms with E-state index in [4.69, 9.17) is 15.6 Å². The third kappa shape index (κ3) is 5.19. The van der Waals surface area contributed by atoms with Crippen LogP contribution in [0.25, 0.3) is 0 Å². The molecule has 0 aliphatic rings. The number of carbonyl (C=O) groups is 1. The molecule has 1 atom stereocenters. The van der Waals surface area contributed by atoms with Crippen LogP contribution < -0.4 is 10.5 Å². The highest BCUT2D eigenvalue weighted by atomic mass is 16.5. The van der Waals surface area contributed by atoms with Gasteiger partial charge in [-0.1, -0.05) is 32.0 Å². The SMILES string of the molecule is CCN(CC)CCOc1ccccc1CC(N)C(=O)O. The molecule has 3 N–H and O–H groups in total. The quantitative estimate of drug-likeness (QED) is 0.714. The van der Waals surface area contributed by atoms with Gasteiger partial charge in [0.2, 0.25) is 0 Å². The largest absolute Gasteiger partial charge is 0.492 e. The van der Waals surface area contributed by atoms with Crippen LogP contribution in [0.3, 0.4) is 0 Å². The first-order valence-corrected chi connectivity index (χ1v) is 6.99. The molecule has 0 heterocycles. The van der Waals surface area contributed by atoms with E-state index < -0.39 is 12.0 Å². The maximum absolute atomic E-state index is 10.8. The fourth-order valence-corrected chi connectivity index (χ4v) is 1.96. The number of aliphatic carboxylic acids is 1. The van der Waals surface area contributed by atoms with Gasteiger partial charge < -0.3 is 20.5 Å². The molecule has 0 amide bonds. The fourth-order valence-electron chi connectivity index (χ4n) is 1.96. The first kappa shape index (κ1) is 16.5. The molecule has 0 spiro atoms. The molecule has 1 unspecified atom stereocenters. The zero-order valence-corrected chi connectivity index (χ0v) is 12.2. The third-order valence-corrected chi connectivity index (χ3v) is 3.29. The Balaban J connectivity index is 2.59. The molecule has 5 heteroatoms. The molecule has 5 nitrogen and oxygen atoms in total. The molecule has 0 saturated carbocycles. The monoisotopic (exact) mass is 280 g/mol. The zero-order valence-electron chi connectivity index (χ0n) is 12.2. The van der Waals surface area contributed by atoms with Gasteiger partial charge in [0.1, 0.15) is 18.4 Å². The molecular weight excluding hydrogens is 256 g/mol. The van der Waals surface area contributed by atoms with Crippen LogP contribution in [0.5, 0.6) is 5.75 Å². The summed E-state index contributed by atoms with van der Waals surface area (Å²) in [5.74, 6) is -0.278. The lowest BCUT2D eigenvalue weighted by atomic mass is 10.1. The number of nitrogens with two attached hydrogens (primary N) is 1. The van der Waals surface area contributed by atoms with Crippen molar-refractivity contribution < 1.29 is 14.6 Å². The first-order chi connectivity index (χ1) is 9.58. The second kappa shape index (κ2) is 8.55. The Morgan fingerprint density at radius 3 is 2.60 bits per heavy atom. The lowest BCUT2D eigenvalue weighted by Crippen LogP contribution is -2.32. The van der Waals surface area contributed by atoms with Gasteiger partial charge in [0, 0.05) is 13.0 Å². The minimum atomic E-state index is -0.997. The van der Waals surface area contributed by atoms with Crippen LogP contribution in [-0.2, 0) is 11.2 Å². The number of rotatable bonds is 9. The van der Waals surface area contributed by atoms with E-state index in [1.165, 1.54) is 0 Å². The average Bonchev–Trinajstić information content (AvgIpc) is 2.45. The van der Waals surface area contributed by atoms with E-state index in [-0.39, 0.29) is 6.42 Å². The number of para-hydroxylation sites is 1. The zero-order chi connectivity index (χ0) is 15.0. The summed E-state index contributed by atoms with van der Waals surface area (Å²) in [6, 6.07) is 6.55. The number of ether oxygens (including phenoxy) is 1. The van der Waals surface area contributed by atoms with E-state index in [1.54, 1.807) is 0 Å². The topological polar surface area (TPSA) is 75.8 Å². The number of hydrogen-bond donors (Lipinski definition) is 2. The Morgan fingerprint density at radius 1 is 1.35 bits per heavy atom. The lowest BCUT2D eigenvalue weighted by molar-refractivity contribution is -0.138. The Morgan fingerprint density at radius 2 is 2.00 bits per heavy atom. The highest BCUT2D eigenvalue weighted by Crippen LogP contribution is 2.19. The van der Waals surface area contributed by atoms with Crippen molar-refractivity contribution in [3.05, 3.63) is 29.8 Å². The number of carboxylic acids is 1. The molecule has 0 bridgehead atoms. The van der Waals surface area contributed by atoms with Crippen LogP contribution in [0.1, 0.15) is 19.4 Å². The Kier molecular flexibility index (Phi) is 7.04. The van der Waals surface area contributed by atoms with Crippen LogP contribution in [0.15, 0.2) is 24.3 Å². The molecule has 0 aliphatic heterocycles. The van der Waals surface area contributed by atoms with E-state index in [2.05, 4.69) is 18.7 Å². The molecular formula is C15H24N2O3. The number of likely N-dealkylation sites (N-methyl/N-ethyl adjacent to an activating group) is 1. The van der Waals surface area contributed by atoms with E-state index in [1.807, 2.05) is 24.3 Å². The number of nitrogens with zero attached hydrogens (tertiary/aromatic N) is 1. The van der Waals surface area contributed by atoms with Gasteiger partial charge in [-0.25, -0.2) is 0 Å². The van der Waals surface area contributed by atoms with Gasteiger partial charge in [-0.15, -0.1) is 0 Å². The highest BCUT2D eigenvalue weighted by molar-refractivity contribution is 5.73. The van der Waals surface area contributed by atoms with E-state index in [0.717, 1.165) is 30.9 Å². The third-order valence-electron chi connectivity index (χ3n) is 3.29. The molecule has 20 heavy (non-hydrogen) atoms. The molecule has 1 rings (SSSR count). The first-order valence-electron chi connectivity index (χ1n) is 6.99. The predicted molar refractivity (Wildman–Crippen MR) is 79.0 cm³/mol. The summed E-state index contributed by atoms with van der Waals surface area (Å²) in [5, 5.41) is 8.87. The van der Waals surface area contributed by atoms with Crippen molar-refractivity contribution in [3.8, 4) is 5.75 Å². The maximum atomic E-state index is 10.8. The summed E-state index contributed by atoms with van der Waals surface area (Å²) in [5.41, 5.74) is 6.41. The average molecular weight is 280 g/mol. The van der Waals surface area contributed by atoms with Crippen molar-refractivity contribution in [3.63, 3.8) is 0 Å². The van der Waals surface area contributed by atoms with Crippen LogP contribution in [-0.4, -0.2) is 48.3 Å². The van der Waals surface area contributed by atoms with E-state index in [0.29, 0.717) is 6.61 Å². The molecule has 1 aromatic carbocycles. The smallest absolute Gasteiger partial charge is 0.320 e. The van der Waals surface area contributed by atoms with Crippen molar-refractivity contribution in [1.82, 2.24) is 4.90 Å². The Hall–Kier alpha value is -1.59. The maximum Gasteiger partial charge on any atom is 0.320 e. The summed E-state index contributed by atoms with van der Waals surface area (Å²) in [6.45, 7) is 7.65. The van der Waals surface area contributed by atoms with Gasteiger partial charge in [-0.3, -0.25) is 4.79 Å². The van der Waals surface area contributed by atoms with Gasteiger partial charge in [0.15, 0.2) is 0 Å². The molecule has 112 valence electrons. The molecule has 0 radical (unpaired) electrons. The van der Waals surface area contributed by atoms with Gasteiger partial charge >= 0.3 is 5.97 Å². The summed E-state index contributed by atoms with van der Waals surface area (Å²) in [4.78, 5) is 13.1. The Labute approximate surface area is 120 Å². The van der Waals surface area contributed by atoms with Crippen LogP contribution in [0.4, 0.5) is 0 Å². The van der Waals surface area contributed by atoms with E-state index in [9.17, 15) is 4.79 Å². The summed E-state index contributed by atoms with van der Waals surface area (Å²) < 4.78 is 5.76. The summed E-state index contributed by atoms with van der Waals surface area (Å²) in [6.07, 6.45) is 0.275. The summed E-state index contributed by atoms with van der Waals surface area (Å²) >= 11 is 0. The predicted octanol–water partition coefficient (Wildman–Crippen LogP) is 1.36.